The molecular weight excluding hydrogens is 394 g/mol. The Balaban J connectivity index is 1.66. The molecular formula is C25H25NO5. The molecule has 0 aliphatic carbocycles. The minimum Gasteiger partial charge on any atom is -0.497 e. The van der Waals surface area contributed by atoms with Crippen molar-refractivity contribution in [3.8, 4) is 11.5 Å². The molecule has 0 aliphatic heterocycles. The van der Waals surface area contributed by atoms with Crippen LogP contribution in [0, 0.1) is 0 Å². The van der Waals surface area contributed by atoms with Gasteiger partial charge in [-0.1, -0.05) is 42.5 Å². The number of hydrogen-bond acceptors (Lipinski definition) is 5. The smallest absolute Gasteiger partial charge is 0.307 e. The van der Waals surface area contributed by atoms with Crippen LogP contribution in [0.5, 0.6) is 11.5 Å². The highest BCUT2D eigenvalue weighted by Gasteiger charge is 2.25. The molecule has 3 rings (SSSR count). The van der Waals surface area contributed by atoms with Crippen LogP contribution in [0.4, 0.5) is 5.69 Å². The fraction of sp³-hybridized carbons (Fsp3) is 0.200. The molecule has 0 saturated carbocycles. The first kappa shape index (κ1) is 21.9. The lowest BCUT2D eigenvalue weighted by molar-refractivity contribution is -0.154. The van der Waals surface area contributed by atoms with E-state index in [0.29, 0.717) is 23.4 Å². The normalized spacial score (nSPS) is 11.3. The summed E-state index contributed by atoms with van der Waals surface area (Å²) in [6.07, 6.45) is -0.387. The molecule has 0 spiro atoms. The summed E-state index contributed by atoms with van der Waals surface area (Å²) < 4.78 is 15.9. The zero-order valence-electron chi connectivity index (χ0n) is 17.5. The van der Waals surface area contributed by atoms with E-state index >= 15 is 0 Å². The summed E-state index contributed by atoms with van der Waals surface area (Å²) in [7, 11) is 3.18. The van der Waals surface area contributed by atoms with Crippen LogP contribution >= 0.6 is 0 Å². The first-order valence-corrected chi connectivity index (χ1v) is 9.91. The summed E-state index contributed by atoms with van der Waals surface area (Å²) >= 11 is 0. The number of rotatable bonds is 9. The van der Waals surface area contributed by atoms with Crippen molar-refractivity contribution in [3.05, 3.63) is 90.0 Å². The maximum Gasteiger partial charge on any atom is 0.307 e. The summed E-state index contributed by atoms with van der Waals surface area (Å²) in [5, 5.41) is 2.80. The van der Waals surface area contributed by atoms with Crippen LogP contribution < -0.4 is 14.8 Å². The monoisotopic (exact) mass is 419 g/mol. The van der Waals surface area contributed by atoms with Crippen molar-refractivity contribution in [3.63, 3.8) is 0 Å². The fourth-order valence-corrected chi connectivity index (χ4v) is 3.01. The van der Waals surface area contributed by atoms with Crippen molar-refractivity contribution in [2.24, 2.45) is 0 Å². The van der Waals surface area contributed by atoms with E-state index in [2.05, 4.69) is 5.32 Å². The molecule has 1 atom stereocenters. The van der Waals surface area contributed by atoms with Gasteiger partial charge in [0.2, 0.25) is 6.10 Å². The third-order valence-corrected chi connectivity index (χ3v) is 4.72. The van der Waals surface area contributed by atoms with Gasteiger partial charge in [0.05, 0.1) is 14.2 Å². The van der Waals surface area contributed by atoms with Crippen molar-refractivity contribution in [2.75, 3.05) is 19.5 Å². The van der Waals surface area contributed by atoms with Gasteiger partial charge in [-0.05, 0) is 48.4 Å². The molecule has 3 aromatic carbocycles. The molecule has 0 bridgehead atoms. The van der Waals surface area contributed by atoms with Gasteiger partial charge in [0, 0.05) is 17.7 Å². The predicted octanol–water partition coefficient (Wildman–Crippen LogP) is 4.56. The molecule has 0 radical (unpaired) electrons. The van der Waals surface area contributed by atoms with Gasteiger partial charge in [-0.25, -0.2) is 0 Å². The Morgan fingerprint density at radius 3 is 1.97 bits per heavy atom. The third kappa shape index (κ3) is 6.34. The highest BCUT2D eigenvalue weighted by molar-refractivity contribution is 5.96. The Labute approximate surface area is 181 Å². The summed E-state index contributed by atoms with van der Waals surface area (Å²) in [6, 6.07) is 23.4. The number of benzene rings is 3. The van der Waals surface area contributed by atoms with Crippen molar-refractivity contribution >= 4 is 17.6 Å². The lowest BCUT2D eigenvalue weighted by atomic mass is 10.1. The van der Waals surface area contributed by atoms with Crippen molar-refractivity contribution < 1.29 is 23.8 Å². The number of aryl methyl sites for hydroxylation is 1. The number of carbonyl (C=O) groups excluding carboxylic acids is 2. The molecule has 0 fully saturated rings. The standard InChI is InChI=1S/C25H25NO5/c1-29-21-13-8-18(9-14-21)10-17-23(27)31-24(19-6-4-3-5-7-19)25(28)26-20-11-15-22(30-2)16-12-20/h3-9,11-16,24H,10,17H2,1-2H3,(H,26,28). The Hall–Kier alpha value is -3.80. The average Bonchev–Trinajstić information content (AvgIpc) is 2.82. The molecule has 0 aromatic heterocycles. The van der Waals surface area contributed by atoms with Gasteiger partial charge in [-0.2, -0.15) is 0 Å². The van der Waals surface area contributed by atoms with Crippen LogP contribution in [0.2, 0.25) is 0 Å². The van der Waals surface area contributed by atoms with Crippen molar-refractivity contribution in [2.45, 2.75) is 18.9 Å². The minimum absolute atomic E-state index is 0.158. The highest BCUT2D eigenvalue weighted by Crippen LogP contribution is 2.22. The van der Waals surface area contributed by atoms with Gasteiger partial charge in [0.15, 0.2) is 0 Å². The second kappa shape index (κ2) is 10.8. The molecule has 31 heavy (non-hydrogen) atoms. The second-order valence-corrected chi connectivity index (χ2v) is 6.85. The van der Waals surface area contributed by atoms with E-state index < -0.39 is 18.0 Å². The average molecular weight is 419 g/mol. The third-order valence-electron chi connectivity index (χ3n) is 4.72. The Bertz CT molecular complexity index is 985. The summed E-state index contributed by atoms with van der Waals surface area (Å²) in [4.78, 5) is 25.4. The van der Waals surface area contributed by atoms with Crippen LogP contribution in [0.25, 0.3) is 0 Å². The molecule has 0 heterocycles. The zero-order chi connectivity index (χ0) is 22.1. The van der Waals surface area contributed by atoms with E-state index in [1.807, 2.05) is 30.3 Å². The van der Waals surface area contributed by atoms with Crippen LogP contribution in [0.15, 0.2) is 78.9 Å². The van der Waals surface area contributed by atoms with Gasteiger partial charge in [-0.15, -0.1) is 0 Å². The largest absolute Gasteiger partial charge is 0.497 e. The number of anilines is 1. The number of hydrogen-bond donors (Lipinski definition) is 1. The lowest BCUT2D eigenvalue weighted by Gasteiger charge is -2.18. The molecule has 1 unspecified atom stereocenters. The van der Waals surface area contributed by atoms with E-state index in [1.54, 1.807) is 62.8 Å². The Morgan fingerprint density at radius 2 is 1.39 bits per heavy atom. The van der Waals surface area contributed by atoms with Gasteiger partial charge >= 0.3 is 5.97 Å². The predicted molar refractivity (Wildman–Crippen MR) is 118 cm³/mol. The zero-order valence-corrected chi connectivity index (χ0v) is 17.5. The number of ether oxygens (including phenoxy) is 3. The molecule has 1 amide bonds. The van der Waals surface area contributed by atoms with Crippen LogP contribution in [-0.2, 0) is 20.7 Å². The van der Waals surface area contributed by atoms with E-state index in [-0.39, 0.29) is 6.42 Å². The number of esters is 1. The minimum atomic E-state index is -1.05. The van der Waals surface area contributed by atoms with E-state index in [1.165, 1.54) is 0 Å². The van der Waals surface area contributed by atoms with E-state index in [4.69, 9.17) is 14.2 Å². The number of nitrogens with one attached hydrogen (secondary N) is 1. The van der Waals surface area contributed by atoms with Crippen molar-refractivity contribution in [1.29, 1.82) is 0 Å². The van der Waals surface area contributed by atoms with Gasteiger partial charge in [0.25, 0.3) is 5.91 Å². The first-order chi connectivity index (χ1) is 15.1. The van der Waals surface area contributed by atoms with Gasteiger partial charge < -0.3 is 19.5 Å². The van der Waals surface area contributed by atoms with Crippen LogP contribution in [0.3, 0.4) is 0 Å². The van der Waals surface area contributed by atoms with Gasteiger partial charge in [0.1, 0.15) is 11.5 Å². The van der Waals surface area contributed by atoms with Crippen LogP contribution in [0.1, 0.15) is 23.7 Å². The summed E-state index contributed by atoms with van der Waals surface area (Å²) in [6.45, 7) is 0. The number of methoxy groups -OCH3 is 2. The molecule has 160 valence electrons. The van der Waals surface area contributed by atoms with E-state index in [0.717, 1.165) is 11.3 Å². The first-order valence-electron chi connectivity index (χ1n) is 9.91. The Kier molecular flexibility index (Phi) is 7.65. The molecule has 3 aromatic rings. The number of carbonyl (C=O) groups is 2. The van der Waals surface area contributed by atoms with Crippen LogP contribution in [-0.4, -0.2) is 26.1 Å². The highest BCUT2D eigenvalue weighted by atomic mass is 16.5. The van der Waals surface area contributed by atoms with Crippen molar-refractivity contribution in [1.82, 2.24) is 0 Å². The quantitative estimate of drug-likeness (QED) is 0.515. The number of amides is 1. The molecule has 0 saturated heterocycles. The SMILES string of the molecule is COc1ccc(CCC(=O)OC(C(=O)Nc2ccc(OC)cc2)c2ccccc2)cc1. The topological polar surface area (TPSA) is 73.9 Å². The molecule has 6 heteroatoms. The molecule has 6 nitrogen and oxygen atoms in total. The maximum absolute atomic E-state index is 12.9. The fourth-order valence-electron chi connectivity index (χ4n) is 3.01. The molecule has 1 N–H and O–H groups in total. The lowest BCUT2D eigenvalue weighted by Crippen LogP contribution is -2.26. The summed E-state index contributed by atoms with van der Waals surface area (Å²) in [5.74, 6) is 0.567. The Morgan fingerprint density at radius 1 is 0.806 bits per heavy atom. The van der Waals surface area contributed by atoms with Gasteiger partial charge in [-0.3, -0.25) is 9.59 Å². The molecule has 0 aliphatic rings. The summed E-state index contributed by atoms with van der Waals surface area (Å²) in [5.41, 5.74) is 2.17. The second-order valence-electron chi connectivity index (χ2n) is 6.85. The maximum atomic E-state index is 12.9. The van der Waals surface area contributed by atoms with E-state index in [9.17, 15) is 9.59 Å².